The second-order valence-electron chi connectivity index (χ2n) is 6.58. The largest absolute Gasteiger partial charge is 0.479 e. The Morgan fingerprint density at radius 2 is 1.61 bits per heavy atom. The number of carboxylic acids is 1. The zero-order valence-electron chi connectivity index (χ0n) is 13.7. The second-order valence-corrected chi connectivity index (χ2v) is 6.58. The zero-order chi connectivity index (χ0) is 17.3. The Balaban J connectivity index is 2.48. The molecule has 0 aliphatic heterocycles. The summed E-state index contributed by atoms with van der Waals surface area (Å²) in [4.78, 5) is 24.0. The van der Waals surface area contributed by atoms with E-state index in [0.717, 1.165) is 10.8 Å². The number of aliphatic carboxylic acids is 1. The van der Waals surface area contributed by atoms with Gasteiger partial charge >= 0.3 is 12.1 Å². The molecule has 2 aromatic rings. The smallest absolute Gasteiger partial charge is 0.408 e. The van der Waals surface area contributed by atoms with E-state index in [0.29, 0.717) is 5.56 Å². The van der Waals surface area contributed by atoms with E-state index in [-0.39, 0.29) is 0 Å². The molecule has 1 amide bonds. The van der Waals surface area contributed by atoms with Crippen LogP contribution >= 0.6 is 0 Å². The van der Waals surface area contributed by atoms with Gasteiger partial charge in [0.15, 0.2) is 5.54 Å². The van der Waals surface area contributed by atoms with Crippen molar-refractivity contribution < 1.29 is 19.4 Å². The predicted molar refractivity (Wildman–Crippen MR) is 88.3 cm³/mol. The summed E-state index contributed by atoms with van der Waals surface area (Å²) in [6, 6.07) is 12.8. The fourth-order valence-electron chi connectivity index (χ4n) is 2.41. The minimum atomic E-state index is -1.59. The quantitative estimate of drug-likeness (QED) is 0.906. The van der Waals surface area contributed by atoms with E-state index in [1.165, 1.54) is 6.92 Å². The SMILES string of the molecule is CC(C)(C)OC(=O)N[C@](C)(C(=O)O)c1cccc2ccccc12. The van der Waals surface area contributed by atoms with E-state index in [4.69, 9.17) is 4.74 Å². The Hall–Kier alpha value is -2.56. The van der Waals surface area contributed by atoms with E-state index in [2.05, 4.69) is 5.32 Å². The van der Waals surface area contributed by atoms with Crippen molar-refractivity contribution in [3.05, 3.63) is 48.0 Å². The number of benzene rings is 2. The van der Waals surface area contributed by atoms with E-state index in [1.54, 1.807) is 32.9 Å². The van der Waals surface area contributed by atoms with Crippen molar-refractivity contribution in [2.75, 3.05) is 0 Å². The first kappa shape index (κ1) is 16.8. The number of fused-ring (bicyclic) bond motifs is 1. The molecular weight excluding hydrogens is 294 g/mol. The lowest BCUT2D eigenvalue weighted by atomic mass is 9.88. The number of amides is 1. The van der Waals surface area contributed by atoms with Gasteiger partial charge in [-0.05, 0) is 44.0 Å². The molecule has 2 aromatic carbocycles. The summed E-state index contributed by atoms with van der Waals surface area (Å²) in [7, 11) is 0. The first-order valence-electron chi connectivity index (χ1n) is 7.36. The van der Waals surface area contributed by atoms with Gasteiger partial charge in [-0.1, -0.05) is 42.5 Å². The number of hydrogen-bond acceptors (Lipinski definition) is 3. The summed E-state index contributed by atoms with van der Waals surface area (Å²) in [5.74, 6) is -1.15. The Kier molecular flexibility index (Phi) is 4.32. The summed E-state index contributed by atoms with van der Waals surface area (Å²) in [6.45, 7) is 6.63. The molecule has 0 aliphatic rings. The van der Waals surface area contributed by atoms with Crippen molar-refractivity contribution in [1.82, 2.24) is 5.32 Å². The highest BCUT2D eigenvalue weighted by Crippen LogP contribution is 2.29. The highest BCUT2D eigenvalue weighted by Gasteiger charge is 2.39. The third-order valence-corrected chi connectivity index (χ3v) is 3.51. The Morgan fingerprint density at radius 3 is 2.22 bits per heavy atom. The Morgan fingerprint density at radius 1 is 1.00 bits per heavy atom. The van der Waals surface area contributed by atoms with E-state index in [9.17, 15) is 14.7 Å². The molecule has 0 bridgehead atoms. The maximum Gasteiger partial charge on any atom is 0.408 e. The molecule has 1 atom stereocenters. The molecular formula is C18H21NO4. The standard InChI is InChI=1S/C18H21NO4/c1-17(2,3)23-16(22)19-18(4,15(20)21)14-11-7-9-12-8-5-6-10-13(12)14/h5-11H,1-4H3,(H,19,22)(H,20,21)/t18-/m0/s1. The molecule has 0 saturated carbocycles. The van der Waals surface area contributed by atoms with Crippen molar-refractivity contribution in [2.45, 2.75) is 38.8 Å². The second kappa shape index (κ2) is 5.91. The molecule has 0 unspecified atom stereocenters. The van der Waals surface area contributed by atoms with Gasteiger partial charge in [0.25, 0.3) is 0 Å². The summed E-state index contributed by atoms with van der Waals surface area (Å²) < 4.78 is 5.20. The maximum absolute atomic E-state index is 12.1. The number of carbonyl (C=O) groups is 2. The fraction of sp³-hybridized carbons (Fsp3) is 0.333. The van der Waals surface area contributed by atoms with Crippen LogP contribution in [-0.4, -0.2) is 22.8 Å². The van der Waals surface area contributed by atoms with E-state index >= 15 is 0 Å². The monoisotopic (exact) mass is 315 g/mol. The van der Waals surface area contributed by atoms with E-state index in [1.807, 2.05) is 30.3 Å². The van der Waals surface area contributed by atoms with Crippen LogP contribution in [0.4, 0.5) is 4.79 Å². The van der Waals surface area contributed by atoms with Crippen LogP contribution in [0.3, 0.4) is 0 Å². The van der Waals surface area contributed by atoms with Gasteiger partial charge in [-0.25, -0.2) is 9.59 Å². The molecule has 0 heterocycles. The molecule has 2 N–H and O–H groups in total. The molecule has 0 aliphatic carbocycles. The normalized spacial score (nSPS) is 14.1. The Bertz CT molecular complexity index is 743. The zero-order valence-corrected chi connectivity index (χ0v) is 13.7. The van der Waals surface area contributed by atoms with Crippen molar-refractivity contribution in [3.63, 3.8) is 0 Å². The number of carbonyl (C=O) groups excluding carboxylic acids is 1. The number of alkyl carbamates (subject to hydrolysis) is 1. The third kappa shape index (κ3) is 3.62. The van der Waals surface area contributed by atoms with Crippen LogP contribution in [0.2, 0.25) is 0 Å². The lowest BCUT2D eigenvalue weighted by Crippen LogP contribution is -2.51. The molecule has 0 fully saturated rings. The van der Waals surface area contributed by atoms with Crippen molar-refractivity contribution in [2.24, 2.45) is 0 Å². The van der Waals surface area contributed by atoms with Crippen LogP contribution in [0.15, 0.2) is 42.5 Å². The van der Waals surface area contributed by atoms with E-state index < -0.39 is 23.2 Å². The highest BCUT2D eigenvalue weighted by molar-refractivity contribution is 5.94. The maximum atomic E-state index is 12.1. The molecule has 0 saturated heterocycles. The number of nitrogens with one attached hydrogen (secondary N) is 1. The molecule has 5 heteroatoms. The first-order chi connectivity index (χ1) is 10.6. The van der Waals surface area contributed by atoms with Gasteiger partial charge in [0.2, 0.25) is 0 Å². The van der Waals surface area contributed by atoms with Gasteiger partial charge in [0.1, 0.15) is 5.60 Å². The van der Waals surface area contributed by atoms with Crippen LogP contribution in [0.5, 0.6) is 0 Å². The topological polar surface area (TPSA) is 75.6 Å². The number of ether oxygens (including phenoxy) is 1. The lowest BCUT2D eigenvalue weighted by molar-refractivity contribution is -0.144. The first-order valence-corrected chi connectivity index (χ1v) is 7.36. The summed E-state index contributed by atoms with van der Waals surface area (Å²) in [5, 5.41) is 13.9. The molecule has 2 rings (SSSR count). The van der Waals surface area contributed by atoms with Crippen LogP contribution in [0.1, 0.15) is 33.3 Å². The summed E-state index contributed by atoms with van der Waals surface area (Å²) in [6.07, 6.45) is -0.768. The van der Waals surface area contributed by atoms with Crippen molar-refractivity contribution in [1.29, 1.82) is 0 Å². The summed E-state index contributed by atoms with van der Waals surface area (Å²) >= 11 is 0. The van der Waals surface area contributed by atoms with Gasteiger partial charge in [-0.2, -0.15) is 0 Å². The van der Waals surface area contributed by atoms with Gasteiger partial charge in [0, 0.05) is 0 Å². The molecule has 0 aromatic heterocycles. The molecule has 5 nitrogen and oxygen atoms in total. The lowest BCUT2D eigenvalue weighted by Gasteiger charge is -2.29. The van der Waals surface area contributed by atoms with Crippen LogP contribution in [-0.2, 0) is 15.1 Å². The number of rotatable bonds is 3. The fourth-order valence-corrected chi connectivity index (χ4v) is 2.41. The van der Waals surface area contributed by atoms with Crippen LogP contribution in [0, 0.1) is 0 Å². The number of hydrogen-bond donors (Lipinski definition) is 2. The van der Waals surface area contributed by atoms with Crippen molar-refractivity contribution in [3.8, 4) is 0 Å². The van der Waals surface area contributed by atoms with Crippen LogP contribution < -0.4 is 5.32 Å². The van der Waals surface area contributed by atoms with Crippen molar-refractivity contribution >= 4 is 22.8 Å². The minimum Gasteiger partial charge on any atom is -0.479 e. The summed E-state index contributed by atoms with van der Waals surface area (Å²) in [5.41, 5.74) is -1.79. The molecule has 122 valence electrons. The average Bonchev–Trinajstić information content (AvgIpc) is 2.44. The van der Waals surface area contributed by atoms with Gasteiger partial charge < -0.3 is 15.2 Å². The third-order valence-electron chi connectivity index (χ3n) is 3.51. The van der Waals surface area contributed by atoms with Gasteiger partial charge in [-0.15, -0.1) is 0 Å². The van der Waals surface area contributed by atoms with Gasteiger partial charge in [-0.3, -0.25) is 0 Å². The highest BCUT2D eigenvalue weighted by atomic mass is 16.6. The minimum absolute atomic E-state index is 0.508. The average molecular weight is 315 g/mol. The number of carboxylic acid groups (broad SMARTS) is 1. The molecule has 0 spiro atoms. The molecule has 23 heavy (non-hydrogen) atoms. The van der Waals surface area contributed by atoms with Gasteiger partial charge in [0.05, 0.1) is 0 Å². The molecule has 0 radical (unpaired) electrons. The Labute approximate surface area is 135 Å². The van der Waals surface area contributed by atoms with Crippen LogP contribution in [0.25, 0.3) is 10.8 Å². The predicted octanol–water partition coefficient (Wildman–Crippen LogP) is 3.66.